The molecule has 25 heavy (non-hydrogen) atoms. The van der Waals surface area contributed by atoms with E-state index in [4.69, 9.17) is 15.2 Å². The second kappa shape index (κ2) is 5.90. The molecule has 8 heteroatoms. The molecule has 1 aliphatic rings. The molecule has 8 nitrogen and oxygen atoms in total. The zero-order valence-electron chi connectivity index (χ0n) is 13.8. The average Bonchev–Trinajstić information content (AvgIpc) is 3.01. The highest BCUT2D eigenvalue weighted by molar-refractivity contribution is 6.14. The fourth-order valence-electron chi connectivity index (χ4n) is 2.85. The summed E-state index contributed by atoms with van der Waals surface area (Å²) in [6.07, 6.45) is 0.532. The standard InChI is InChI=1S/C17H16N6O2/c1-24-14-7-11-8-16-19-21-22-23(16)20-17(13(11)9-15(14)25-2)10-3-5-12(18)6-4-10/h3-7,9H,8,18H2,1-2H3. The summed E-state index contributed by atoms with van der Waals surface area (Å²) < 4.78 is 10.9. The van der Waals surface area contributed by atoms with Crippen molar-refractivity contribution in [3.63, 3.8) is 0 Å². The van der Waals surface area contributed by atoms with E-state index in [1.807, 2.05) is 36.4 Å². The number of fused-ring (bicyclic) bond motifs is 2. The van der Waals surface area contributed by atoms with Crippen LogP contribution in [-0.4, -0.2) is 40.2 Å². The molecule has 2 heterocycles. The van der Waals surface area contributed by atoms with Crippen LogP contribution in [-0.2, 0) is 6.42 Å². The maximum Gasteiger partial charge on any atom is 0.181 e. The first-order chi connectivity index (χ1) is 12.2. The highest BCUT2D eigenvalue weighted by atomic mass is 16.5. The van der Waals surface area contributed by atoms with Crippen LogP contribution in [0.5, 0.6) is 11.5 Å². The lowest BCUT2D eigenvalue weighted by Gasteiger charge is -2.14. The molecule has 0 amide bonds. The van der Waals surface area contributed by atoms with Crippen molar-refractivity contribution in [3.8, 4) is 11.5 Å². The minimum atomic E-state index is 0.532. The SMILES string of the molecule is COc1cc2c(cc1OC)C(c1ccc(N)cc1)=Nn1nnnc1C2. The minimum absolute atomic E-state index is 0.532. The Kier molecular flexibility index (Phi) is 3.57. The van der Waals surface area contributed by atoms with E-state index in [0.29, 0.717) is 29.4 Å². The molecule has 0 bridgehead atoms. The number of rotatable bonds is 3. The number of tetrazole rings is 1. The summed E-state index contributed by atoms with van der Waals surface area (Å²) in [5, 5.41) is 16.4. The maximum absolute atomic E-state index is 5.81. The smallest absolute Gasteiger partial charge is 0.181 e. The van der Waals surface area contributed by atoms with E-state index in [9.17, 15) is 0 Å². The normalized spacial score (nSPS) is 12.6. The third kappa shape index (κ3) is 2.57. The fourth-order valence-corrected chi connectivity index (χ4v) is 2.85. The molecule has 0 radical (unpaired) electrons. The van der Waals surface area contributed by atoms with Gasteiger partial charge in [-0.05, 0) is 40.3 Å². The van der Waals surface area contributed by atoms with E-state index >= 15 is 0 Å². The molecule has 2 N–H and O–H groups in total. The number of nitrogens with zero attached hydrogens (tertiary/aromatic N) is 5. The van der Waals surface area contributed by atoms with Gasteiger partial charge in [-0.3, -0.25) is 0 Å². The second-order valence-corrected chi connectivity index (χ2v) is 5.60. The van der Waals surface area contributed by atoms with Gasteiger partial charge in [0, 0.05) is 23.2 Å². The van der Waals surface area contributed by atoms with E-state index in [2.05, 4.69) is 20.6 Å². The van der Waals surface area contributed by atoms with Crippen LogP contribution in [0, 0.1) is 0 Å². The van der Waals surface area contributed by atoms with Crippen LogP contribution < -0.4 is 15.2 Å². The molecular formula is C17H16N6O2. The molecule has 1 aromatic heterocycles. The Morgan fingerprint density at radius 3 is 2.48 bits per heavy atom. The van der Waals surface area contributed by atoms with Crippen LogP contribution in [0.25, 0.3) is 0 Å². The zero-order valence-corrected chi connectivity index (χ0v) is 13.8. The van der Waals surface area contributed by atoms with Gasteiger partial charge in [-0.2, -0.15) is 0 Å². The first-order valence-electron chi connectivity index (χ1n) is 7.67. The Morgan fingerprint density at radius 1 is 1.04 bits per heavy atom. The van der Waals surface area contributed by atoms with Gasteiger partial charge in [-0.15, -0.1) is 15.0 Å². The number of ether oxygens (including phenoxy) is 2. The number of nitrogens with two attached hydrogens (primary N) is 1. The average molecular weight is 336 g/mol. The molecule has 0 unspecified atom stereocenters. The number of aromatic nitrogens is 4. The van der Waals surface area contributed by atoms with E-state index in [0.717, 1.165) is 22.4 Å². The number of methoxy groups -OCH3 is 2. The summed E-state index contributed by atoms with van der Waals surface area (Å²) in [7, 11) is 3.22. The molecule has 0 aliphatic carbocycles. The van der Waals surface area contributed by atoms with Gasteiger partial charge >= 0.3 is 0 Å². The Morgan fingerprint density at radius 2 is 1.76 bits per heavy atom. The largest absolute Gasteiger partial charge is 0.493 e. The summed E-state index contributed by atoms with van der Waals surface area (Å²) in [4.78, 5) is 1.45. The van der Waals surface area contributed by atoms with E-state index < -0.39 is 0 Å². The molecule has 126 valence electrons. The van der Waals surface area contributed by atoms with Crippen molar-refractivity contribution in [3.05, 3.63) is 58.9 Å². The van der Waals surface area contributed by atoms with Crippen molar-refractivity contribution in [2.24, 2.45) is 5.10 Å². The summed E-state index contributed by atoms with van der Waals surface area (Å²) >= 11 is 0. The molecule has 1 aliphatic heterocycles. The van der Waals surface area contributed by atoms with Gasteiger partial charge in [0.1, 0.15) is 5.71 Å². The zero-order chi connectivity index (χ0) is 17.4. The highest BCUT2D eigenvalue weighted by Crippen LogP contribution is 2.34. The van der Waals surface area contributed by atoms with E-state index in [1.54, 1.807) is 14.2 Å². The van der Waals surface area contributed by atoms with E-state index in [1.165, 1.54) is 4.79 Å². The van der Waals surface area contributed by atoms with Crippen LogP contribution in [0.2, 0.25) is 0 Å². The van der Waals surface area contributed by atoms with Crippen LogP contribution >= 0.6 is 0 Å². The Bertz CT molecular complexity index is 962. The van der Waals surface area contributed by atoms with Gasteiger partial charge in [0.05, 0.1) is 14.2 Å². The lowest BCUT2D eigenvalue weighted by atomic mass is 9.95. The predicted molar refractivity (Wildman–Crippen MR) is 92.1 cm³/mol. The van der Waals surface area contributed by atoms with Crippen molar-refractivity contribution in [1.29, 1.82) is 0 Å². The number of hydrogen-bond donors (Lipinski definition) is 1. The molecular weight excluding hydrogens is 320 g/mol. The summed E-state index contributed by atoms with van der Waals surface area (Å²) in [6, 6.07) is 11.4. The van der Waals surface area contributed by atoms with Crippen LogP contribution in [0.15, 0.2) is 41.5 Å². The maximum atomic E-state index is 5.81. The van der Waals surface area contributed by atoms with Gasteiger partial charge in [0.15, 0.2) is 17.3 Å². The van der Waals surface area contributed by atoms with Crippen molar-refractivity contribution in [2.45, 2.75) is 6.42 Å². The van der Waals surface area contributed by atoms with Crippen LogP contribution in [0.3, 0.4) is 0 Å². The monoisotopic (exact) mass is 336 g/mol. The highest BCUT2D eigenvalue weighted by Gasteiger charge is 2.23. The van der Waals surface area contributed by atoms with Gasteiger partial charge < -0.3 is 15.2 Å². The molecule has 3 aromatic rings. The Labute approximate surface area is 143 Å². The van der Waals surface area contributed by atoms with Crippen molar-refractivity contribution < 1.29 is 9.47 Å². The van der Waals surface area contributed by atoms with Gasteiger partial charge in [-0.25, -0.2) is 0 Å². The van der Waals surface area contributed by atoms with Gasteiger partial charge in [0.2, 0.25) is 0 Å². The number of anilines is 1. The van der Waals surface area contributed by atoms with Crippen LogP contribution in [0.1, 0.15) is 22.5 Å². The molecule has 4 rings (SSSR count). The Balaban J connectivity index is 1.97. The number of hydrogen-bond acceptors (Lipinski definition) is 7. The van der Waals surface area contributed by atoms with Crippen molar-refractivity contribution >= 4 is 11.4 Å². The predicted octanol–water partition coefficient (Wildman–Crippen LogP) is 1.48. The molecule has 0 spiro atoms. The van der Waals surface area contributed by atoms with Crippen molar-refractivity contribution in [2.75, 3.05) is 20.0 Å². The molecule has 2 aromatic carbocycles. The topological polar surface area (TPSA) is 100 Å². The third-order valence-electron chi connectivity index (χ3n) is 4.11. The van der Waals surface area contributed by atoms with Crippen LogP contribution in [0.4, 0.5) is 5.69 Å². The summed E-state index contributed by atoms with van der Waals surface area (Å²) in [6.45, 7) is 0. The summed E-state index contributed by atoms with van der Waals surface area (Å²) in [5.74, 6) is 1.94. The molecule has 0 saturated carbocycles. The van der Waals surface area contributed by atoms with Gasteiger partial charge in [0.25, 0.3) is 0 Å². The number of benzene rings is 2. The second-order valence-electron chi connectivity index (χ2n) is 5.60. The quantitative estimate of drug-likeness (QED) is 0.569. The molecule has 0 atom stereocenters. The minimum Gasteiger partial charge on any atom is -0.493 e. The third-order valence-corrected chi connectivity index (χ3v) is 4.11. The molecule has 0 saturated heterocycles. The summed E-state index contributed by atoms with van der Waals surface area (Å²) in [5.41, 5.74) is 10.1. The fraction of sp³-hybridized carbons (Fsp3) is 0.176. The first-order valence-corrected chi connectivity index (χ1v) is 7.67. The lowest BCUT2D eigenvalue weighted by molar-refractivity contribution is 0.354. The molecule has 0 fully saturated rings. The first kappa shape index (κ1) is 15.1. The van der Waals surface area contributed by atoms with E-state index in [-0.39, 0.29) is 0 Å². The Hall–Kier alpha value is -3.42. The lowest BCUT2D eigenvalue weighted by Crippen LogP contribution is -2.08. The van der Waals surface area contributed by atoms with Crippen molar-refractivity contribution in [1.82, 2.24) is 20.3 Å². The van der Waals surface area contributed by atoms with Gasteiger partial charge in [-0.1, -0.05) is 12.1 Å². The number of nitrogen functional groups attached to an aromatic ring is 1.